The molecule has 55 heavy (non-hydrogen) atoms. The Labute approximate surface area is 322 Å². The van der Waals surface area contributed by atoms with E-state index in [-0.39, 0.29) is 0 Å². The Kier molecular flexibility index (Phi) is 6.60. The summed E-state index contributed by atoms with van der Waals surface area (Å²) in [5.41, 5.74) is 14.7. The van der Waals surface area contributed by atoms with Gasteiger partial charge >= 0.3 is 0 Å². The molecule has 0 unspecified atom stereocenters. The summed E-state index contributed by atoms with van der Waals surface area (Å²) in [6.07, 6.45) is 0. The van der Waals surface area contributed by atoms with E-state index in [1.165, 1.54) is 109 Å². The van der Waals surface area contributed by atoms with E-state index in [2.05, 4.69) is 203 Å². The second-order valence-electron chi connectivity index (χ2n) is 14.5. The monoisotopic (exact) mass is 716 g/mol. The van der Waals surface area contributed by atoms with Gasteiger partial charge in [-0.3, -0.25) is 0 Å². The molecule has 0 N–H and O–H groups in total. The fraction of sp³-hybridized carbons (Fsp3) is 0. The Morgan fingerprint density at radius 3 is 1.56 bits per heavy atom. The molecule has 0 spiro atoms. The molecule has 3 heterocycles. The van der Waals surface area contributed by atoms with Gasteiger partial charge in [0.2, 0.25) is 0 Å². The first-order valence-electron chi connectivity index (χ1n) is 18.8. The van der Waals surface area contributed by atoms with Gasteiger partial charge in [-0.2, -0.15) is 0 Å². The van der Waals surface area contributed by atoms with Gasteiger partial charge < -0.3 is 9.13 Å². The lowest BCUT2D eigenvalue weighted by molar-refractivity contribution is 1.16. The first kappa shape index (κ1) is 30.6. The molecular weight excluding hydrogens is 685 g/mol. The van der Waals surface area contributed by atoms with E-state index < -0.39 is 0 Å². The smallest absolute Gasteiger partial charge is 0.0558 e. The number of hydrogen-bond acceptors (Lipinski definition) is 1. The number of aromatic nitrogens is 2. The summed E-state index contributed by atoms with van der Waals surface area (Å²) >= 11 is 1.90. The quantitative estimate of drug-likeness (QED) is 0.176. The van der Waals surface area contributed by atoms with E-state index in [4.69, 9.17) is 0 Å². The van der Waals surface area contributed by atoms with E-state index in [1.807, 2.05) is 11.8 Å². The first-order chi connectivity index (χ1) is 27.3. The van der Waals surface area contributed by atoms with E-state index >= 15 is 0 Å². The minimum Gasteiger partial charge on any atom is -0.309 e. The largest absolute Gasteiger partial charge is 0.309 e. The van der Waals surface area contributed by atoms with Crippen molar-refractivity contribution in [1.82, 2.24) is 9.13 Å². The SMILES string of the molecule is c1ccc(-c2ccc3c(c2)c2cc(-c4ccccc4)ccc2n3-c2ccc3c(c2)Sc2cc4c(c5cccc-3c25)c2ccccc2n4-c2ccccc2)cc1. The summed E-state index contributed by atoms with van der Waals surface area (Å²) in [4.78, 5) is 2.57. The summed E-state index contributed by atoms with van der Waals surface area (Å²) in [5, 5.41) is 7.76. The fourth-order valence-electron chi connectivity index (χ4n) is 9.06. The maximum absolute atomic E-state index is 2.46. The van der Waals surface area contributed by atoms with Gasteiger partial charge in [-0.1, -0.05) is 145 Å². The maximum atomic E-state index is 2.46. The summed E-state index contributed by atoms with van der Waals surface area (Å²) in [6.45, 7) is 0. The summed E-state index contributed by atoms with van der Waals surface area (Å²) in [7, 11) is 0. The van der Waals surface area contributed by atoms with Crippen molar-refractivity contribution in [3.8, 4) is 44.8 Å². The van der Waals surface area contributed by atoms with Crippen molar-refractivity contribution in [1.29, 1.82) is 0 Å². The van der Waals surface area contributed by atoms with Crippen molar-refractivity contribution in [2.75, 3.05) is 0 Å². The average molecular weight is 717 g/mol. The molecular formula is C52H32N2S. The zero-order chi connectivity index (χ0) is 36.0. The van der Waals surface area contributed by atoms with Crippen LogP contribution in [0.1, 0.15) is 0 Å². The summed E-state index contributed by atoms with van der Waals surface area (Å²) in [6, 6.07) is 71.3. The number of para-hydroxylation sites is 2. The highest BCUT2D eigenvalue weighted by Gasteiger charge is 2.25. The van der Waals surface area contributed by atoms with Crippen molar-refractivity contribution in [2.45, 2.75) is 9.79 Å². The molecule has 11 aromatic rings. The zero-order valence-corrected chi connectivity index (χ0v) is 30.6. The average Bonchev–Trinajstić information content (AvgIpc) is 3.76. The highest BCUT2D eigenvalue weighted by atomic mass is 32.2. The van der Waals surface area contributed by atoms with Gasteiger partial charge in [-0.25, -0.2) is 0 Å². The number of nitrogens with zero attached hydrogens (tertiary/aromatic N) is 2. The van der Waals surface area contributed by atoms with Crippen LogP contribution in [0.5, 0.6) is 0 Å². The van der Waals surface area contributed by atoms with Gasteiger partial charge in [0.15, 0.2) is 0 Å². The Hall–Kier alpha value is -6.81. The molecule has 0 saturated heterocycles. The number of hydrogen-bond donors (Lipinski definition) is 0. The van der Waals surface area contributed by atoms with Crippen LogP contribution < -0.4 is 0 Å². The van der Waals surface area contributed by atoms with E-state index in [9.17, 15) is 0 Å². The van der Waals surface area contributed by atoms with Crippen LogP contribution in [0.3, 0.4) is 0 Å². The molecule has 0 radical (unpaired) electrons. The second-order valence-corrected chi connectivity index (χ2v) is 15.6. The Balaban J connectivity index is 1.08. The van der Waals surface area contributed by atoms with Crippen molar-refractivity contribution in [3.05, 3.63) is 194 Å². The van der Waals surface area contributed by atoms with E-state index in [1.54, 1.807) is 0 Å². The Morgan fingerprint density at radius 2 is 0.873 bits per heavy atom. The van der Waals surface area contributed by atoms with Crippen molar-refractivity contribution in [2.24, 2.45) is 0 Å². The Bertz CT molecular complexity index is 3220. The third-order valence-electron chi connectivity index (χ3n) is 11.5. The molecule has 0 bridgehead atoms. The predicted molar refractivity (Wildman–Crippen MR) is 233 cm³/mol. The molecule has 2 aromatic heterocycles. The van der Waals surface area contributed by atoms with Crippen LogP contribution in [-0.4, -0.2) is 9.13 Å². The summed E-state index contributed by atoms with van der Waals surface area (Å²) in [5.74, 6) is 0. The fourth-order valence-corrected chi connectivity index (χ4v) is 10.3. The lowest BCUT2D eigenvalue weighted by Crippen LogP contribution is -1.99. The molecule has 0 saturated carbocycles. The Morgan fingerprint density at radius 1 is 0.291 bits per heavy atom. The molecule has 1 aliphatic rings. The molecule has 0 fully saturated rings. The van der Waals surface area contributed by atoms with Crippen molar-refractivity contribution < 1.29 is 0 Å². The standard InChI is InChI=1S/C52H32N2S/c1-4-13-33(14-5-1)35-23-27-46-43(29-35)44-30-36(34-15-6-2-7-16-34)24-28-47(44)54(46)38-25-26-39-40-20-12-21-42-51-41-19-10-11-22-45(41)53(37-17-8-3-9-18-37)48(51)32-50(52(40)42)55-49(39)31-38/h1-32H. The third-order valence-corrected chi connectivity index (χ3v) is 12.6. The van der Waals surface area contributed by atoms with Gasteiger partial charge in [-0.15, -0.1) is 0 Å². The highest BCUT2D eigenvalue weighted by molar-refractivity contribution is 7.99. The molecule has 1 aliphatic heterocycles. The minimum atomic E-state index is 1.17. The molecule has 3 heteroatoms. The highest BCUT2D eigenvalue weighted by Crippen LogP contribution is 2.52. The van der Waals surface area contributed by atoms with Gasteiger partial charge in [0.05, 0.1) is 22.1 Å². The zero-order valence-electron chi connectivity index (χ0n) is 29.8. The van der Waals surface area contributed by atoms with Gasteiger partial charge in [0.25, 0.3) is 0 Å². The predicted octanol–water partition coefficient (Wildman–Crippen LogP) is 14.5. The molecule has 0 aliphatic carbocycles. The summed E-state index contributed by atoms with van der Waals surface area (Å²) < 4.78 is 4.90. The molecule has 0 atom stereocenters. The van der Waals surface area contributed by atoms with Gasteiger partial charge in [0.1, 0.15) is 0 Å². The molecule has 2 nitrogen and oxygen atoms in total. The first-order valence-corrected chi connectivity index (χ1v) is 19.7. The number of rotatable bonds is 4. The third kappa shape index (κ3) is 4.57. The minimum absolute atomic E-state index is 1.17. The van der Waals surface area contributed by atoms with Crippen LogP contribution in [0, 0.1) is 0 Å². The van der Waals surface area contributed by atoms with Crippen LogP contribution in [0.4, 0.5) is 0 Å². The molecule has 0 amide bonds. The molecule has 12 rings (SSSR count). The lowest BCUT2D eigenvalue weighted by Gasteiger charge is -2.22. The van der Waals surface area contributed by atoms with E-state index in [0.717, 1.165) is 0 Å². The number of benzene rings is 9. The van der Waals surface area contributed by atoms with Crippen LogP contribution in [-0.2, 0) is 0 Å². The topological polar surface area (TPSA) is 9.86 Å². The van der Waals surface area contributed by atoms with Gasteiger partial charge in [0, 0.05) is 48.1 Å². The van der Waals surface area contributed by atoms with Crippen LogP contribution in [0.15, 0.2) is 204 Å². The number of fused-ring (bicyclic) bond motifs is 9. The van der Waals surface area contributed by atoms with Gasteiger partial charge in [-0.05, 0) is 99.4 Å². The maximum Gasteiger partial charge on any atom is 0.0558 e. The van der Waals surface area contributed by atoms with Crippen LogP contribution >= 0.6 is 11.8 Å². The van der Waals surface area contributed by atoms with Crippen LogP contribution in [0.25, 0.3) is 99.1 Å². The second kappa shape index (κ2) is 11.8. The lowest BCUT2D eigenvalue weighted by atomic mass is 9.94. The molecule has 256 valence electrons. The van der Waals surface area contributed by atoms with Crippen molar-refractivity contribution >= 4 is 66.1 Å². The van der Waals surface area contributed by atoms with E-state index in [0.29, 0.717) is 0 Å². The van der Waals surface area contributed by atoms with Crippen LogP contribution in [0.2, 0.25) is 0 Å². The normalized spacial score (nSPS) is 12.3. The van der Waals surface area contributed by atoms with Crippen molar-refractivity contribution in [3.63, 3.8) is 0 Å². The molecule has 9 aromatic carbocycles.